The van der Waals surface area contributed by atoms with E-state index >= 15 is 0 Å². The summed E-state index contributed by atoms with van der Waals surface area (Å²) < 4.78 is 0. The number of rotatable bonds is 5. The molecule has 0 bridgehead atoms. The van der Waals surface area contributed by atoms with Crippen LogP contribution in [0.3, 0.4) is 0 Å². The molecule has 1 aliphatic heterocycles. The Labute approximate surface area is 151 Å². The van der Waals surface area contributed by atoms with Crippen molar-refractivity contribution >= 4 is 17.3 Å². The van der Waals surface area contributed by atoms with Crippen LogP contribution in [0.2, 0.25) is 0 Å². The van der Waals surface area contributed by atoms with E-state index < -0.39 is 0 Å². The molecular weight excluding hydrogens is 308 g/mol. The van der Waals surface area contributed by atoms with Crippen molar-refractivity contribution in [3.63, 3.8) is 0 Å². The van der Waals surface area contributed by atoms with Crippen molar-refractivity contribution in [2.45, 2.75) is 46.0 Å². The van der Waals surface area contributed by atoms with Gasteiger partial charge in [-0.2, -0.15) is 0 Å². The number of benzene rings is 2. The molecule has 2 aromatic rings. The standard InChI is InChI=1S/C22H28N2O/c1-3-17-9-8-10-18(4-2)21(17)23-22(25)19-11-13-20(14-12-19)24-15-6-5-7-16-24/h8-14H,3-7,15-16H2,1-2H3,(H,23,25). The highest BCUT2D eigenvalue weighted by Crippen LogP contribution is 2.24. The van der Waals surface area contributed by atoms with Crippen LogP contribution >= 0.6 is 0 Å². The third-order valence-corrected chi connectivity index (χ3v) is 5.09. The van der Waals surface area contributed by atoms with Crippen LogP contribution in [0.15, 0.2) is 42.5 Å². The molecule has 0 saturated carbocycles. The Morgan fingerprint density at radius 3 is 2.08 bits per heavy atom. The van der Waals surface area contributed by atoms with Gasteiger partial charge in [0.15, 0.2) is 0 Å². The molecule has 3 heteroatoms. The lowest BCUT2D eigenvalue weighted by atomic mass is 10.0. The van der Waals surface area contributed by atoms with Crippen LogP contribution in [0.5, 0.6) is 0 Å². The Balaban J connectivity index is 1.75. The molecule has 2 aromatic carbocycles. The summed E-state index contributed by atoms with van der Waals surface area (Å²) in [6, 6.07) is 14.3. The number of nitrogens with zero attached hydrogens (tertiary/aromatic N) is 1. The van der Waals surface area contributed by atoms with E-state index in [0.717, 1.165) is 31.6 Å². The fourth-order valence-corrected chi connectivity index (χ4v) is 3.56. The largest absolute Gasteiger partial charge is 0.372 e. The third kappa shape index (κ3) is 4.04. The lowest BCUT2D eigenvalue weighted by Gasteiger charge is -2.28. The Morgan fingerprint density at radius 1 is 0.920 bits per heavy atom. The molecule has 132 valence electrons. The first-order valence-corrected chi connectivity index (χ1v) is 9.50. The smallest absolute Gasteiger partial charge is 0.255 e. The molecule has 1 saturated heterocycles. The highest BCUT2D eigenvalue weighted by Gasteiger charge is 2.14. The van der Waals surface area contributed by atoms with E-state index in [1.54, 1.807) is 0 Å². The van der Waals surface area contributed by atoms with Gasteiger partial charge >= 0.3 is 0 Å². The Bertz CT molecular complexity index is 693. The number of anilines is 2. The quantitative estimate of drug-likeness (QED) is 0.828. The number of carbonyl (C=O) groups excluding carboxylic acids is 1. The average molecular weight is 336 g/mol. The zero-order chi connectivity index (χ0) is 17.6. The van der Waals surface area contributed by atoms with Crippen LogP contribution in [0.4, 0.5) is 11.4 Å². The van der Waals surface area contributed by atoms with Crippen molar-refractivity contribution in [1.82, 2.24) is 0 Å². The van der Waals surface area contributed by atoms with Crippen LogP contribution in [-0.4, -0.2) is 19.0 Å². The molecule has 0 unspecified atom stereocenters. The van der Waals surface area contributed by atoms with Crippen LogP contribution in [0.25, 0.3) is 0 Å². The van der Waals surface area contributed by atoms with Gasteiger partial charge in [0.25, 0.3) is 5.91 Å². The second-order valence-corrected chi connectivity index (χ2v) is 6.71. The molecule has 0 aromatic heterocycles. The fourth-order valence-electron chi connectivity index (χ4n) is 3.56. The summed E-state index contributed by atoms with van der Waals surface area (Å²) in [6.45, 7) is 6.49. The molecule has 1 fully saturated rings. The van der Waals surface area contributed by atoms with Crippen LogP contribution in [0.1, 0.15) is 54.6 Å². The topological polar surface area (TPSA) is 32.3 Å². The summed E-state index contributed by atoms with van der Waals surface area (Å²) in [5, 5.41) is 3.14. The maximum absolute atomic E-state index is 12.7. The van der Waals surface area contributed by atoms with Gasteiger partial charge in [-0.25, -0.2) is 0 Å². The monoisotopic (exact) mass is 336 g/mol. The van der Waals surface area contributed by atoms with Crippen molar-refractivity contribution < 1.29 is 4.79 Å². The first-order valence-electron chi connectivity index (χ1n) is 9.50. The number of piperidine rings is 1. The van der Waals surface area contributed by atoms with Crippen molar-refractivity contribution in [1.29, 1.82) is 0 Å². The van der Waals surface area contributed by atoms with Gasteiger partial charge in [-0.3, -0.25) is 4.79 Å². The SMILES string of the molecule is CCc1cccc(CC)c1NC(=O)c1ccc(N2CCCCC2)cc1. The summed E-state index contributed by atoms with van der Waals surface area (Å²) in [5.41, 5.74) is 5.31. The van der Waals surface area contributed by atoms with Crippen molar-refractivity contribution in [3.05, 3.63) is 59.2 Å². The van der Waals surface area contributed by atoms with Gasteiger partial charge in [-0.15, -0.1) is 0 Å². The van der Waals surface area contributed by atoms with Gasteiger partial charge in [0, 0.05) is 30.0 Å². The lowest BCUT2D eigenvalue weighted by molar-refractivity contribution is 0.102. The molecular formula is C22H28N2O. The van der Waals surface area contributed by atoms with Crippen LogP contribution in [-0.2, 0) is 12.8 Å². The summed E-state index contributed by atoms with van der Waals surface area (Å²) in [4.78, 5) is 15.1. The molecule has 25 heavy (non-hydrogen) atoms. The summed E-state index contributed by atoms with van der Waals surface area (Å²) in [7, 11) is 0. The van der Waals surface area contributed by atoms with E-state index in [1.807, 2.05) is 12.1 Å². The maximum Gasteiger partial charge on any atom is 0.255 e. The Kier molecular flexibility index (Phi) is 5.75. The minimum Gasteiger partial charge on any atom is -0.372 e. The van der Waals surface area contributed by atoms with Crippen LogP contribution < -0.4 is 10.2 Å². The average Bonchev–Trinajstić information content (AvgIpc) is 2.69. The third-order valence-electron chi connectivity index (χ3n) is 5.09. The second-order valence-electron chi connectivity index (χ2n) is 6.71. The van der Waals surface area contributed by atoms with E-state index in [0.29, 0.717) is 5.56 Å². The molecule has 0 atom stereocenters. The van der Waals surface area contributed by atoms with E-state index in [4.69, 9.17) is 0 Å². The summed E-state index contributed by atoms with van der Waals surface area (Å²) >= 11 is 0. The molecule has 1 amide bonds. The number of carbonyl (C=O) groups is 1. The number of amides is 1. The van der Waals surface area contributed by atoms with Gasteiger partial charge < -0.3 is 10.2 Å². The molecule has 3 nitrogen and oxygen atoms in total. The number of aryl methyl sites for hydroxylation is 2. The van der Waals surface area contributed by atoms with Gasteiger partial charge in [0.05, 0.1) is 0 Å². The van der Waals surface area contributed by atoms with Crippen molar-refractivity contribution in [2.24, 2.45) is 0 Å². The first kappa shape index (κ1) is 17.5. The van der Waals surface area contributed by atoms with Crippen molar-refractivity contribution in [2.75, 3.05) is 23.3 Å². The highest BCUT2D eigenvalue weighted by atomic mass is 16.1. The van der Waals surface area contributed by atoms with E-state index in [2.05, 4.69) is 54.4 Å². The maximum atomic E-state index is 12.7. The van der Waals surface area contributed by atoms with Crippen molar-refractivity contribution in [3.8, 4) is 0 Å². The Hall–Kier alpha value is -2.29. The molecule has 0 radical (unpaired) electrons. The second kappa shape index (κ2) is 8.19. The summed E-state index contributed by atoms with van der Waals surface area (Å²) in [5.74, 6) is -0.0270. The molecule has 1 N–H and O–H groups in total. The molecule has 1 heterocycles. The van der Waals surface area contributed by atoms with E-state index in [1.165, 1.54) is 36.1 Å². The molecule has 0 spiro atoms. The summed E-state index contributed by atoms with van der Waals surface area (Å²) in [6.07, 6.45) is 5.67. The minimum atomic E-state index is -0.0270. The molecule has 0 aliphatic carbocycles. The lowest BCUT2D eigenvalue weighted by Crippen LogP contribution is -2.29. The van der Waals surface area contributed by atoms with E-state index in [-0.39, 0.29) is 5.91 Å². The number of hydrogen-bond donors (Lipinski definition) is 1. The zero-order valence-corrected chi connectivity index (χ0v) is 15.3. The zero-order valence-electron chi connectivity index (χ0n) is 15.3. The number of hydrogen-bond acceptors (Lipinski definition) is 2. The van der Waals surface area contributed by atoms with Gasteiger partial charge in [0.2, 0.25) is 0 Å². The van der Waals surface area contributed by atoms with E-state index in [9.17, 15) is 4.79 Å². The predicted octanol–water partition coefficient (Wildman–Crippen LogP) is 5.05. The first-order chi connectivity index (χ1) is 12.2. The number of para-hydroxylation sites is 1. The Morgan fingerprint density at radius 2 is 1.52 bits per heavy atom. The number of nitrogens with one attached hydrogen (secondary N) is 1. The predicted molar refractivity (Wildman–Crippen MR) is 106 cm³/mol. The molecule has 1 aliphatic rings. The van der Waals surface area contributed by atoms with Crippen LogP contribution in [0, 0.1) is 0 Å². The highest BCUT2D eigenvalue weighted by molar-refractivity contribution is 6.05. The van der Waals surface area contributed by atoms with Gasteiger partial charge in [0.1, 0.15) is 0 Å². The normalized spacial score (nSPS) is 14.4. The fraction of sp³-hybridized carbons (Fsp3) is 0.409. The molecule has 3 rings (SSSR count). The van der Waals surface area contributed by atoms with Gasteiger partial charge in [-0.1, -0.05) is 32.0 Å². The minimum absolute atomic E-state index is 0.0270. The van der Waals surface area contributed by atoms with Gasteiger partial charge in [-0.05, 0) is 67.5 Å².